The van der Waals surface area contributed by atoms with E-state index in [-0.39, 0.29) is 5.78 Å². The maximum atomic E-state index is 12.3. The molecule has 2 N–H and O–H groups in total. The fraction of sp³-hybridized carbons (Fsp3) is 0.429. The number of hydrogen-bond acceptors (Lipinski definition) is 4. The smallest absolute Gasteiger partial charge is 0.178 e. The third-order valence-corrected chi connectivity index (χ3v) is 4.25. The van der Waals surface area contributed by atoms with Gasteiger partial charge >= 0.3 is 0 Å². The molecule has 1 aliphatic carbocycles. The van der Waals surface area contributed by atoms with Gasteiger partial charge in [-0.2, -0.15) is 0 Å². The highest BCUT2D eigenvalue weighted by atomic mass is 35.5. The van der Waals surface area contributed by atoms with Crippen molar-refractivity contribution in [3.8, 4) is 0 Å². The lowest BCUT2D eigenvalue weighted by atomic mass is 9.93. The Morgan fingerprint density at radius 2 is 2.12 bits per heavy atom. The quantitative estimate of drug-likeness (QED) is 0.437. The van der Waals surface area contributed by atoms with Crippen LogP contribution in [0.3, 0.4) is 0 Å². The fourth-order valence-corrected chi connectivity index (χ4v) is 2.83. The molecule has 0 saturated heterocycles. The Kier molecular flexibility index (Phi) is 9.74. The van der Waals surface area contributed by atoms with E-state index in [0.717, 1.165) is 23.5 Å². The first-order chi connectivity index (χ1) is 12.5. The van der Waals surface area contributed by atoms with E-state index in [2.05, 4.69) is 6.58 Å². The summed E-state index contributed by atoms with van der Waals surface area (Å²) in [6.45, 7) is 10.1. The number of carbonyl (C=O) groups is 1. The predicted molar refractivity (Wildman–Crippen MR) is 110 cm³/mol. The molecular formula is C21H29ClN2O2. The molecule has 0 aromatic rings. The summed E-state index contributed by atoms with van der Waals surface area (Å²) in [6, 6.07) is 0. The Balaban J connectivity index is 3.45. The SMILES string of the molecule is C=C\C=C/C(Cl)=C(CC)/N=C1\C=C(OCC)CC\C1=C(\N)C(=O)CCC. The fourth-order valence-electron chi connectivity index (χ4n) is 2.59. The van der Waals surface area contributed by atoms with Crippen LogP contribution >= 0.6 is 11.6 Å². The van der Waals surface area contributed by atoms with Gasteiger partial charge in [0.05, 0.1) is 34.5 Å². The third kappa shape index (κ3) is 6.34. The van der Waals surface area contributed by atoms with Crippen molar-refractivity contribution in [2.45, 2.75) is 52.9 Å². The Morgan fingerprint density at radius 3 is 2.69 bits per heavy atom. The molecule has 0 heterocycles. The third-order valence-electron chi connectivity index (χ3n) is 3.91. The van der Waals surface area contributed by atoms with E-state index in [1.807, 2.05) is 26.8 Å². The number of nitrogens with zero attached hydrogens (tertiary/aromatic N) is 1. The number of halogens is 1. The molecule has 5 heteroatoms. The van der Waals surface area contributed by atoms with Crippen LogP contribution in [-0.2, 0) is 9.53 Å². The topological polar surface area (TPSA) is 64.7 Å². The van der Waals surface area contributed by atoms with Gasteiger partial charge in [-0.3, -0.25) is 9.79 Å². The van der Waals surface area contributed by atoms with Crippen molar-refractivity contribution in [2.24, 2.45) is 10.7 Å². The molecule has 26 heavy (non-hydrogen) atoms. The second-order valence-electron chi connectivity index (χ2n) is 5.85. The zero-order valence-corrected chi connectivity index (χ0v) is 16.7. The van der Waals surface area contributed by atoms with Crippen LogP contribution in [0.15, 0.2) is 63.6 Å². The maximum Gasteiger partial charge on any atom is 0.178 e. The lowest BCUT2D eigenvalue weighted by Crippen LogP contribution is -2.21. The highest BCUT2D eigenvalue weighted by Gasteiger charge is 2.21. The van der Waals surface area contributed by atoms with E-state index in [9.17, 15) is 4.79 Å². The molecule has 142 valence electrons. The normalized spacial score (nSPS) is 19.2. The number of nitrogens with two attached hydrogens (primary N) is 1. The molecule has 4 nitrogen and oxygen atoms in total. The minimum absolute atomic E-state index is 0.0388. The molecule has 0 amide bonds. The second-order valence-corrected chi connectivity index (χ2v) is 6.26. The minimum Gasteiger partial charge on any atom is -0.498 e. The van der Waals surface area contributed by atoms with Gasteiger partial charge in [0.15, 0.2) is 5.78 Å². The highest BCUT2D eigenvalue weighted by Crippen LogP contribution is 2.27. The summed E-state index contributed by atoms with van der Waals surface area (Å²) in [4.78, 5) is 17.0. The molecule has 1 aliphatic rings. The van der Waals surface area contributed by atoms with Gasteiger partial charge in [0.25, 0.3) is 0 Å². The van der Waals surface area contributed by atoms with E-state index in [1.54, 1.807) is 18.2 Å². The molecular weight excluding hydrogens is 348 g/mol. The number of rotatable bonds is 9. The van der Waals surface area contributed by atoms with Crippen molar-refractivity contribution < 1.29 is 9.53 Å². The van der Waals surface area contributed by atoms with Crippen molar-refractivity contribution in [1.29, 1.82) is 0 Å². The summed E-state index contributed by atoms with van der Waals surface area (Å²) in [5.74, 6) is 0.807. The molecule has 1 rings (SSSR count). The number of carbonyl (C=O) groups excluding carboxylic acids is 1. The molecule has 0 bridgehead atoms. The summed E-state index contributed by atoms with van der Waals surface area (Å²) < 4.78 is 5.65. The lowest BCUT2D eigenvalue weighted by Gasteiger charge is -2.20. The summed E-state index contributed by atoms with van der Waals surface area (Å²) >= 11 is 6.35. The zero-order valence-electron chi connectivity index (χ0n) is 16.0. The van der Waals surface area contributed by atoms with Crippen LogP contribution in [-0.4, -0.2) is 18.1 Å². The zero-order chi connectivity index (χ0) is 19.5. The van der Waals surface area contributed by atoms with Gasteiger partial charge in [-0.25, -0.2) is 0 Å². The summed E-state index contributed by atoms with van der Waals surface area (Å²) in [5, 5.41) is 0.537. The molecule has 0 fully saturated rings. The van der Waals surface area contributed by atoms with Gasteiger partial charge in [-0.1, -0.05) is 44.2 Å². The maximum absolute atomic E-state index is 12.3. The van der Waals surface area contributed by atoms with E-state index in [1.165, 1.54) is 0 Å². The standard InChI is InChI=1S/C21H29ClN2O2/c1-5-9-11-17(22)18(7-3)24-19-14-15(26-8-4)12-13-16(19)21(23)20(25)10-6-2/h5,9,11,14H,1,6-8,10,12-13,23H2,2-4H3/b11-9-,18-17-,21-16-,24-19+. The van der Waals surface area contributed by atoms with Crippen LogP contribution in [0.5, 0.6) is 0 Å². The average Bonchev–Trinajstić information content (AvgIpc) is 2.64. The van der Waals surface area contributed by atoms with Gasteiger partial charge in [0.2, 0.25) is 0 Å². The van der Waals surface area contributed by atoms with Crippen LogP contribution in [0.4, 0.5) is 0 Å². The van der Waals surface area contributed by atoms with Crippen molar-refractivity contribution >= 4 is 23.1 Å². The molecule has 0 radical (unpaired) electrons. The molecule has 0 aromatic carbocycles. The van der Waals surface area contributed by atoms with Crippen molar-refractivity contribution in [3.05, 3.63) is 58.6 Å². The van der Waals surface area contributed by atoms with Crippen molar-refractivity contribution in [1.82, 2.24) is 0 Å². The van der Waals surface area contributed by atoms with Crippen LogP contribution in [0.2, 0.25) is 0 Å². The van der Waals surface area contributed by atoms with Gasteiger partial charge in [-0.05, 0) is 32.3 Å². The molecule has 0 spiro atoms. The Hall–Kier alpha value is -2.07. The number of hydrogen-bond donors (Lipinski definition) is 1. The largest absolute Gasteiger partial charge is 0.498 e. The predicted octanol–water partition coefficient (Wildman–Crippen LogP) is 5.33. The number of allylic oxidation sites excluding steroid dienone is 9. The van der Waals surface area contributed by atoms with Gasteiger partial charge in [-0.15, -0.1) is 0 Å². The van der Waals surface area contributed by atoms with E-state index in [4.69, 9.17) is 27.1 Å². The number of ketones is 1. The van der Waals surface area contributed by atoms with E-state index < -0.39 is 0 Å². The minimum atomic E-state index is -0.0388. The second kappa shape index (κ2) is 11.5. The first-order valence-electron chi connectivity index (χ1n) is 9.10. The van der Waals surface area contributed by atoms with Gasteiger partial charge in [0, 0.05) is 24.5 Å². The summed E-state index contributed by atoms with van der Waals surface area (Å²) in [7, 11) is 0. The number of Topliss-reactive ketones (excluding diaryl/α,β-unsaturated/α-hetero) is 1. The highest BCUT2D eigenvalue weighted by molar-refractivity contribution is 6.31. The summed E-state index contributed by atoms with van der Waals surface area (Å²) in [6.07, 6.45) is 10.2. The Bertz CT molecular complexity index is 682. The average molecular weight is 377 g/mol. The molecule has 0 saturated carbocycles. The van der Waals surface area contributed by atoms with E-state index in [0.29, 0.717) is 48.7 Å². The lowest BCUT2D eigenvalue weighted by molar-refractivity contribution is -0.115. The molecule has 0 aliphatic heterocycles. The monoisotopic (exact) mass is 376 g/mol. The van der Waals surface area contributed by atoms with Crippen LogP contribution in [0, 0.1) is 0 Å². The summed E-state index contributed by atoms with van der Waals surface area (Å²) in [5.41, 5.74) is 8.61. The molecule has 0 unspecified atom stereocenters. The Morgan fingerprint density at radius 1 is 1.38 bits per heavy atom. The molecule has 0 atom stereocenters. The first-order valence-corrected chi connectivity index (χ1v) is 9.48. The molecule has 0 aromatic heterocycles. The van der Waals surface area contributed by atoms with Gasteiger partial charge in [0.1, 0.15) is 0 Å². The first kappa shape index (κ1) is 22.0. The van der Waals surface area contributed by atoms with Gasteiger partial charge < -0.3 is 10.5 Å². The van der Waals surface area contributed by atoms with Crippen molar-refractivity contribution in [2.75, 3.05) is 6.61 Å². The Labute approximate surface area is 161 Å². The number of aliphatic imine (C=N–C) groups is 1. The van der Waals surface area contributed by atoms with E-state index >= 15 is 0 Å². The van der Waals surface area contributed by atoms with Crippen LogP contribution < -0.4 is 5.73 Å². The number of ether oxygens (including phenoxy) is 1. The van der Waals surface area contributed by atoms with Crippen LogP contribution in [0.25, 0.3) is 0 Å². The van der Waals surface area contributed by atoms with Crippen molar-refractivity contribution in [3.63, 3.8) is 0 Å². The van der Waals surface area contributed by atoms with Crippen LogP contribution in [0.1, 0.15) is 52.9 Å².